The number of thioether (sulfide) groups is 1. The summed E-state index contributed by atoms with van der Waals surface area (Å²) in [6.45, 7) is 2.17. The molecule has 1 aromatic heterocycles. The van der Waals surface area contributed by atoms with Gasteiger partial charge in [-0.1, -0.05) is 0 Å². The van der Waals surface area contributed by atoms with Crippen molar-refractivity contribution in [2.24, 2.45) is 4.99 Å². The van der Waals surface area contributed by atoms with Crippen LogP contribution in [0.4, 0.5) is 0 Å². The second-order valence-electron chi connectivity index (χ2n) is 6.26. The average molecular weight is 405 g/mol. The van der Waals surface area contributed by atoms with E-state index in [0.29, 0.717) is 41.7 Å². The number of methoxy groups -OCH3 is 3. The molecule has 0 spiro atoms. The topological polar surface area (TPSA) is 90.5 Å². The van der Waals surface area contributed by atoms with Crippen LogP contribution in [0.2, 0.25) is 0 Å². The Morgan fingerprint density at radius 1 is 1.14 bits per heavy atom. The minimum Gasteiger partial charge on any atom is -0.507 e. The largest absolute Gasteiger partial charge is 0.507 e. The summed E-state index contributed by atoms with van der Waals surface area (Å²) < 4.78 is 21.5. The van der Waals surface area contributed by atoms with Gasteiger partial charge in [0.25, 0.3) is 0 Å². The van der Waals surface area contributed by atoms with Crippen LogP contribution in [0.1, 0.15) is 28.6 Å². The Labute approximate surface area is 167 Å². The van der Waals surface area contributed by atoms with Crippen molar-refractivity contribution >= 4 is 17.5 Å². The molecule has 1 aliphatic heterocycles. The summed E-state index contributed by atoms with van der Waals surface area (Å²) in [7, 11) is 4.71. The van der Waals surface area contributed by atoms with Gasteiger partial charge < -0.3 is 23.7 Å². The van der Waals surface area contributed by atoms with Crippen LogP contribution in [0, 0.1) is 6.92 Å². The third-order valence-electron chi connectivity index (χ3n) is 4.49. The number of hydrogen-bond donors (Lipinski definition) is 1. The van der Waals surface area contributed by atoms with E-state index in [-0.39, 0.29) is 16.6 Å². The monoisotopic (exact) mass is 405 g/mol. The first-order chi connectivity index (χ1) is 13.5. The maximum Gasteiger partial charge on any atom is 0.348 e. The molecule has 1 unspecified atom stereocenters. The molecule has 0 saturated heterocycles. The van der Waals surface area contributed by atoms with Crippen molar-refractivity contribution in [2.45, 2.75) is 18.6 Å². The molecule has 8 heteroatoms. The summed E-state index contributed by atoms with van der Waals surface area (Å²) in [5.74, 6) is 2.69. The molecule has 0 amide bonds. The van der Waals surface area contributed by atoms with E-state index in [1.807, 2.05) is 12.1 Å². The van der Waals surface area contributed by atoms with E-state index < -0.39 is 5.63 Å². The molecule has 0 bridgehead atoms. The Morgan fingerprint density at radius 3 is 2.39 bits per heavy atom. The van der Waals surface area contributed by atoms with Crippen LogP contribution in [-0.2, 0) is 0 Å². The number of aromatic hydroxyl groups is 1. The summed E-state index contributed by atoms with van der Waals surface area (Å²) in [6.07, 6.45) is 0.463. The van der Waals surface area contributed by atoms with Crippen molar-refractivity contribution in [1.82, 2.24) is 0 Å². The SMILES string of the molecule is COc1cc(C2CC(c3c(O)cc(C)oc3=O)=NCCS2)cc(OC)c1OC. The summed E-state index contributed by atoms with van der Waals surface area (Å²) >= 11 is 1.72. The molecular weight excluding hydrogens is 382 g/mol. The van der Waals surface area contributed by atoms with Crippen LogP contribution in [0.5, 0.6) is 23.0 Å². The molecule has 0 saturated carbocycles. The Morgan fingerprint density at radius 2 is 1.82 bits per heavy atom. The summed E-state index contributed by atoms with van der Waals surface area (Å²) in [6, 6.07) is 5.24. The maximum absolute atomic E-state index is 12.3. The van der Waals surface area contributed by atoms with Crippen molar-refractivity contribution in [1.29, 1.82) is 0 Å². The lowest BCUT2D eigenvalue weighted by molar-refractivity contribution is 0.324. The smallest absolute Gasteiger partial charge is 0.348 e. The first-order valence-electron chi connectivity index (χ1n) is 8.77. The molecular formula is C20H23NO6S. The zero-order valence-electron chi connectivity index (χ0n) is 16.3. The fourth-order valence-corrected chi connectivity index (χ4v) is 4.30. The lowest BCUT2D eigenvalue weighted by Crippen LogP contribution is -2.17. The fraction of sp³-hybridized carbons (Fsp3) is 0.400. The Bertz CT molecular complexity index is 927. The standard InChI is InChI=1S/C20H23NO6S/c1-11-7-14(22)18(20(23)27-11)13-10-17(28-6-5-21-13)12-8-15(24-2)19(26-4)16(9-12)25-3/h7-9,17,22H,5-6,10H2,1-4H3. The van der Waals surface area contributed by atoms with Gasteiger partial charge in [-0.05, 0) is 24.6 Å². The minimum absolute atomic E-state index is 0.00457. The summed E-state index contributed by atoms with van der Waals surface area (Å²) in [5, 5.41) is 10.3. The highest BCUT2D eigenvalue weighted by molar-refractivity contribution is 7.99. The second-order valence-corrected chi connectivity index (χ2v) is 7.57. The molecule has 2 aromatic rings. The zero-order valence-corrected chi connectivity index (χ0v) is 17.1. The molecule has 3 rings (SSSR count). The third-order valence-corrected chi connectivity index (χ3v) is 5.75. The van der Waals surface area contributed by atoms with E-state index in [0.717, 1.165) is 11.3 Å². The van der Waals surface area contributed by atoms with Crippen molar-refractivity contribution in [2.75, 3.05) is 33.6 Å². The van der Waals surface area contributed by atoms with Crippen LogP contribution < -0.4 is 19.8 Å². The van der Waals surface area contributed by atoms with Crippen molar-refractivity contribution in [3.05, 3.63) is 45.5 Å². The molecule has 7 nitrogen and oxygen atoms in total. The van der Waals surface area contributed by atoms with Gasteiger partial charge >= 0.3 is 5.63 Å². The second kappa shape index (κ2) is 8.60. The zero-order chi connectivity index (χ0) is 20.3. The van der Waals surface area contributed by atoms with E-state index in [4.69, 9.17) is 18.6 Å². The maximum atomic E-state index is 12.3. The highest BCUT2D eigenvalue weighted by Crippen LogP contribution is 2.44. The van der Waals surface area contributed by atoms with Gasteiger partial charge in [0.1, 0.15) is 17.1 Å². The highest BCUT2D eigenvalue weighted by Gasteiger charge is 2.26. The molecule has 2 heterocycles. The third kappa shape index (κ3) is 3.96. The molecule has 28 heavy (non-hydrogen) atoms. The molecule has 0 radical (unpaired) electrons. The predicted molar refractivity (Wildman–Crippen MR) is 109 cm³/mol. The Hall–Kier alpha value is -2.61. The van der Waals surface area contributed by atoms with Crippen LogP contribution >= 0.6 is 11.8 Å². The average Bonchev–Trinajstić information content (AvgIpc) is 2.92. The quantitative estimate of drug-likeness (QED) is 0.816. The van der Waals surface area contributed by atoms with Gasteiger partial charge in [0, 0.05) is 30.0 Å². The fourth-order valence-electron chi connectivity index (χ4n) is 3.22. The normalized spacial score (nSPS) is 16.9. The molecule has 1 atom stereocenters. The molecule has 1 aromatic carbocycles. The van der Waals surface area contributed by atoms with E-state index in [1.54, 1.807) is 40.0 Å². The van der Waals surface area contributed by atoms with Crippen LogP contribution in [0.25, 0.3) is 0 Å². The molecule has 0 aliphatic carbocycles. The molecule has 1 N–H and O–H groups in total. The van der Waals surface area contributed by atoms with Gasteiger partial charge in [-0.3, -0.25) is 4.99 Å². The number of hydrogen-bond acceptors (Lipinski definition) is 8. The molecule has 150 valence electrons. The lowest BCUT2D eigenvalue weighted by Gasteiger charge is -2.19. The van der Waals surface area contributed by atoms with Gasteiger partial charge in [0.2, 0.25) is 5.75 Å². The van der Waals surface area contributed by atoms with E-state index in [2.05, 4.69) is 4.99 Å². The number of ether oxygens (including phenoxy) is 3. The van der Waals surface area contributed by atoms with Crippen molar-refractivity contribution in [3.63, 3.8) is 0 Å². The van der Waals surface area contributed by atoms with Gasteiger partial charge in [-0.2, -0.15) is 11.8 Å². The number of aryl methyl sites for hydroxylation is 1. The first-order valence-corrected chi connectivity index (χ1v) is 9.82. The number of nitrogens with zero attached hydrogens (tertiary/aromatic N) is 1. The number of benzene rings is 1. The minimum atomic E-state index is -0.577. The molecule has 1 aliphatic rings. The Balaban J connectivity index is 2.01. The van der Waals surface area contributed by atoms with Gasteiger partial charge in [0.15, 0.2) is 11.5 Å². The Kier molecular flexibility index (Phi) is 6.18. The summed E-state index contributed by atoms with van der Waals surface area (Å²) in [5.41, 5.74) is 1.05. The summed E-state index contributed by atoms with van der Waals surface area (Å²) in [4.78, 5) is 16.9. The van der Waals surface area contributed by atoms with Crippen LogP contribution in [0.3, 0.4) is 0 Å². The number of rotatable bonds is 5. The molecule has 0 fully saturated rings. The number of aliphatic imine (C=N–C) groups is 1. The first kappa shape index (κ1) is 20.1. The van der Waals surface area contributed by atoms with Crippen LogP contribution in [-0.4, -0.2) is 44.4 Å². The van der Waals surface area contributed by atoms with E-state index in [1.165, 1.54) is 6.07 Å². The van der Waals surface area contributed by atoms with Crippen LogP contribution in [0.15, 0.2) is 32.4 Å². The lowest BCUT2D eigenvalue weighted by atomic mass is 10.0. The van der Waals surface area contributed by atoms with Gasteiger partial charge in [0.05, 0.1) is 27.0 Å². The highest BCUT2D eigenvalue weighted by atomic mass is 32.2. The van der Waals surface area contributed by atoms with Crippen molar-refractivity contribution in [3.8, 4) is 23.0 Å². The van der Waals surface area contributed by atoms with Gasteiger partial charge in [-0.15, -0.1) is 0 Å². The van der Waals surface area contributed by atoms with E-state index >= 15 is 0 Å². The predicted octanol–water partition coefficient (Wildman–Crippen LogP) is 3.35. The van der Waals surface area contributed by atoms with Gasteiger partial charge in [-0.25, -0.2) is 4.79 Å². The van der Waals surface area contributed by atoms with E-state index in [9.17, 15) is 9.90 Å². The van der Waals surface area contributed by atoms with Crippen molar-refractivity contribution < 1.29 is 23.7 Å².